The third kappa shape index (κ3) is 7.49. The van der Waals surface area contributed by atoms with E-state index >= 15 is 0 Å². The van der Waals surface area contributed by atoms with Crippen LogP contribution >= 0.6 is 0 Å². The number of hydrogen-bond acceptors (Lipinski definition) is 3. The lowest BCUT2D eigenvalue weighted by atomic mass is 10.4. The van der Waals surface area contributed by atoms with E-state index in [2.05, 4.69) is 18.4 Å². The summed E-state index contributed by atoms with van der Waals surface area (Å²) >= 11 is 0. The molecule has 0 aromatic rings. The van der Waals surface area contributed by atoms with Crippen molar-refractivity contribution in [1.29, 1.82) is 0 Å². The highest BCUT2D eigenvalue weighted by Crippen LogP contribution is 1.93. The Morgan fingerprint density at radius 1 is 1.62 bits per heavy atom. The first-order valence-electron chi connectivity index (χ1n) is 4.36. The SMILES string of the molecule is C=CC(=O)O.CCN1CCOCC1. The van der Waals surface area contributed by atoms with Gasteiger partial charge in [-0.15, -0.1) is 0 Å². The molecule has 1 rings (SSSR count). The third-order valence-corrected chi connectivity index (χ3v) is 1.73. The second-order valence-corrected chi connectivity index (χ2v) is 2.59. The van der Waals surface area contributed by atoms with Gasteiger partial charge in [-0.1, -0.05) is 13.5 Å². The largest absolute Gasteiger partial charge is 0.478 e. The lowest BCUT2D eigenvalue weighted by Gasteiger charge is -2.24. The number of carbonyl (C=O) groups is 1. The number of aliphatic carboxylic acids is 1. The molecule has 0 radical (unpaired) electrons. The first-order valence-corrected chi connectivity index (χ1v) is 4.36. The van der Waals surface area contributed by atoms with E-state index in [-0.39, 0.29) is 0 Å². The number of nitrogens with zero attached hydrogens (tertiary/aromatic N) is 1. The second kappa shape index (κ2) is 7.76. The fraction of sp³-hybridized carbons (Fsp3) is 0.667. The van der Waals surface area contributed by atoms with Gasteiger partial charge in [-0.3, -0.25) is 4.90 Å². The van der Waals surface area contributed by atoms with Crippen LogP contribution in [0.2, 0.25) is 0 Å². The van der Waals surface area contributed by atoms with Crippen LogP contribution in [0.4, 0.5) is 0 Å². The fourth-order valence-corrected chi connectivity index (χ4v) is 0.917. The molecule has 0 aromatic carbocycles. The topological polar surface area (TPSA) is 49.8 Å². The minimum absolute atomic E-state index is 0.833. The number of hydrogen-bond donors (Lipinski definition) is 1. The molecule has 4 nitrogen and oxygen atoms in total. The summed E-state index contributed by atoms with van der Waals surface area (Å²) < 4.78 is 5.16. The first kappa shape index (κ1) is 12.1. The summed E-state index contributed by atoms with van der Waals surface area (Å²) in [4.78, 5) is 11.6. The van der Waals surface area contributed by atoms with Crippen LogP contribution in [0.5, 0.6) is 0 Å². The minimum Gasteiger partial charge on any atom is -0.478 e. The standard InChI is InChI=1S/C6H13NO.C3H4O2/c1-2-7-3-5-8-6-4-7;1-2-3(4)5/h2-6H2,1H3;2H,1H2,(H,4,5). The average Bonchev–Trinajstić information content (AvgIpc) is 2.20. The van der Waals surface area contributed by atoms with Gasteiger partial charge in [0.2, 0.25) is 0 Å². The van der Waals surface area contributed by atoms with Gasteiger partial charge < -0.3 is 9.84 Å². The van der Waals surface area contributed by atoms with E-state index in [4.69, 9.17) is 9.84 Å². The zero-order valence-electron chi connectivity index (χ0n) is 8.03. The average molecular weight is 187 g/mol. The smallest absolute Gasteiger partial charge is 0.327 e. The Labute approximate surface area is 78.8 Å². The molecule has 1 aliphatic rings. The quantitative estimate of drug-likeness (QED) is 0.643. The molecular formula is C9H17NO3. The first-order chi connectivity index (χ1) is 6.20. The maximum absolute atomic E-state index is 9.25. The van der Waals surface area contributed by atoms with E-state index in [0.29, 0.717) is 0 Å². The van der Waals surface area contributed by atoms with Crippen LogP contribution < -0.4 is 0 Å². The van der Waals surface area contributed by atoms with Gasteiger partial charge >= 0.3 is 5.97 Å². The molecule has 0 unspecified atom stereocenters. The molecule has 0 saturated carbocycles. The molecule has 0 aromatic heterocycles. The highest BCUT2D eigenvalue weighted by molar-refractivity contribution is 5.78. The molecule has 0 aliphatic carbocycles. The van der Waals surface area contributed by atoms with E-state index in [1.807, 2.05) is 0 Å². The Kier molecular flexibility index (Phi) is 7.24. The predicted molar refractivity (Wildman–Crippen MR) is 50.8 cm³/mol. The summed E-state index contributed by atoms with van der Waals surface area (Å²) in [6, 6.07) is 0. The van der Waals surface area contributed by atoms with Crippen molar-refractivity contribution in [3.8, 4) is 0 Å². The van der Waals surface area contributed by atoms with Gasteiger partial charge in [0.25, 0.3) is 0 Å². The van der Waals surface area contributed by atoms with Gasteiger partial charge in [-0.2, -0.15) is 0 Å². The van der Waals surface area contributed by atoms with Crippen molar-refractivity contribution in [3.05, 3.63) is 12.7 Å². The Morgan fingerprint density at radius 3 is 2.31 bits per heavy atom. The van der Waals surface area contributed by atoms with Crippen molar-refractivity contribution in [2.24, 2.45) is 0 Å². The monoisotopic (exact) mass is 187 g/mol. The molecule has 4 heteroatoms. The van der Waals surface area contributed by atoms with E-state index in [0.717, 1.165) is 32.4 Å². The Hall–Kier alpha value is -0.870. The number of carboxylic acid groups (broad SMARTS) is 1. The molecule has 0 bridgehead atoms. The van der Waals surface area contributed by atoms with E-state index < -0.39 is 5.97 Å². The summed E-state index contributed by atoms with van der Waals surface area (Å²) in [5, 5.41) is 7.60. The Balaban J connectivity index is 0.000000252. The highest BCUT2D eigenvalue weighted by atomic mass is 16.5. The zero-order chi connectivity index (χ0) is 10.1. The lowest BCUT2D eigenvalue weighted by molar-refractivity contribution is -0.131. The molecule has 1 fully saturated rings. The lowest BCUT2D eigenvalue weighted by Crippen LogP contribution is -2.35. The molecule has 0 atom stereocenters. The van der Waals surface area contributed by atoms with Gasteiger partial charge in [0.05, 0.1) is 13.2 Å². The van der Waals surface area contributed by atoms with E-state index in [1.54, 1.807) is 0 Å². The molecule has 0 spiro atoms. The Bertz CT molecular complexity index is 153. The molecule has 0 amide bonds. The number of rotatable bonds is 2. The van der Waals surface area contributed by atoms with Crippen molar-refractivity contribution >= 4 is 5.97 Å². The molecule has 13 heavy (non-hydrogen) atoms. The summed E-state index contributed by atoms with van der Waals surface area (Å²) in [6.45, 7) is 10.4. The number of carboxylic acids is 1. The van der Waals surface area contributed by atoms with Gasteiger partial charge in [-0.25, -0.2) is 4.79 Å². The number of likely N-dealkylation sites (N-methyl/N-ethyl adjacent to an activating group) is 1. The summed E-state index contributed by atoms with van der Waals surface area (Å²) in [5.41, 5.74) is 0. The molecule has 76 valence electrons. The van der Waals surface area contributed by atoms with Crippen molar-refractivity contribution < 1.29 is 14.6 Å². The van der Waals surface area contributed by atoms with Crippen molar-refractivity contribution in [2.75, 3.05) is 32.8 Å². The van der Waals surface area contributed by atoms with Gasteiger partial charge in [0, 0.05) is 19.2 Å². The van der Waals surface area contributed by atoms with Crippen LogP contribution in [0.25, 0.3) is 0 Å². The number of morpholine rings is 1. The maximum atomic E-state index is 9.25. The highest BCUT2D eigenvalue weighted by Gasteiger charge is 2.05. The number of ether oxygens (including phenoxy) is 1. The van der Waals surface area contributed by atoms with Gasteiger partial charge in [-0.05, 0) is 6.54 Å². The van der Waals surface area contributed by atoms with Crippen molar-refractivity contribution in [1.82, 2.24) is 4.90 Å². The van der Waals surface area contributed by atoms with Crippen LogP contribution in [0.1, 0.15) is 6.92 Å². The van der Waals surface area contributed by atoms with E-state index in [9.17, 15) is 4.79 Å². The van der Waals surface area contributed by atoms with Crippen LogP contribution in [0.15, 0.2) is 12.7 Å². The predicted octanol–water partition coefficient (Wildman–Crippen LogP) is 0.595. The van der Waals surface area contributed by atoms with E-state index in [1.165, 1.54) is 6.54 Å². The van der Waals surface area contributed by atoms with Crippen LogP contribution in [-0.4, -0.2) is 48.8 Å². The molecule has 1 saturated heterocycles. The maximum Gasteiger partial charge on any atom is 0.327 e. The zero-order valence-corrected chi connectivity index (χ0v) is 8.03. The van der Waals surface area contributed by atoms with Crippen LogP contribution in [-0.2, 0) is 9.53 Å². The van der Waals surface area contributed by atoms with Crippen LogP contribution in [0, 0.1) is 0 Å². The molecule has 1 heterocycles. The van der Waals surface area contributed by atoms with Crippen LogP contribution in [0.3, 0.4) is 0 Å². The molecule has 1 aliphatic heterocycles. The second-order valence-electron chi connectivity index (χ2n) is 2.59. The summed E-state index contributed by atoms with van der Waals surface area (Å²) in [7, 11) is 0. The third-order valence-electron chi connectivity index (χ3n) is 1.73. The van der Waals surface area contributed by atoms with Crippen molar-refractivity contribution in [2.45, 2.75) is 6.92 Å². The minimum atomic E-state index is -0.981. The summed E-state index contributed by atoms with van der Waals surface area (Å²) in [5.74, 6) is -0.981. The molecular weight excluding hydrogens is 170 g/mol. The fourth-order valence-electron chi connectivity index (χ4n) is 0.917. The Morgan fingerprint density at radius 2 is 2.08 bits per heavy atom. The molecule has 1 N–H and O–H groups in total. The van der Waals surface area contributed by atoms with Crippen molar-refractivity contribution in [3.63, 3.8) is 0 Å². The van der Waals surface area contributed by atoms with Gasteiger partial charge in [0.1, 0.15) is 0 Å². The van der Waals surface area contributed by atoms with Gasteiger partial charge in [0.15, 0.2) is 0 Å². The summed E-state index contributed by atoms with van der Waals surface area (Å²) in [6.07, 6.45) is 0.833. The normalized spacial score (nSPS) is 17.0.